The number of ether oxygens (including phenoxy) is 1. The molecule has 0 bridgehead atoms. The molecule has 0 spiro atoms. The Kier molecular flexibility index (Phi) is 4.59. The zero-order valence-corrected chi connectivity index (χ0v) is 13.7. The van der Waals surface area contributed by atoms with Gasteiger partial charge >= 0.3 is 5.97 Å². The van der Waals surface area contributed by atoms with E-state index in [4.69, 9.17) is 4.74 Å². The second-order valence-corrected chi connectivity index (χ2v) is 6.03. The number of rotatable bonds is 6. The molecule has 3 rings (SSSR count). The summed E-state index contributed by atoms with van der Waals surface area (Å²) < 4.78 is 5.05. The summed E-state index contributed by atoms with van der Waals surface area (Å²) in [6.07, 6.45) is 2.28. The number of hydrogen-bond acceptors (Lipinski definition) is 5. The van der Waals surface area contributed by atoms with Gasteiger partial charge in [0.1, 0.15) is 0 Å². The van der Waals surface area contributed by atoms with Crippen molar-refractivity contribution in [1.29, 1.82) is 0 Å². The quantitative estimate of drug-likeness (QED) is 0.815. The van der Waals surface area contributed by atoms with E-state index in [1.807, 2.05) is 37.3 Å². The maximum atomic E-state index is 12.1. The van der Waals surface area contributed by atoms with E-state index >= 15 is 0 Å². The lowest BCUT2D eigenvalue weighted by Gasteiger charge is -2.12. The third kappa shape index (κ3) is 3.79. The number of hydrogen-bond donors (Lipinski definition) is 1. The van der Waals surface area contributed by atoms with E-state index in [9.17, 15) is 9.59 Å². The molecule has 2 aromatic rings. The van der Waals surface area contributed by atoms with Crippen LogP contribution in [0.2, 0.25) is 0 Å². The fourth-order valence-electron chi connectivity index (χ4n) is 2.45. The molecule has 1 aliphatic carbocycles. The van der Waals surface area contributed by atoms with Gasteiger partial charge in [-0.2, -0.15) is 9.90 Å². The SMILES string of the molecule is Cc1nn(-c2ccccc2)nc1C(=O)OCC(=O)N[C@@H](C)C1CC1. The zero-order chi connectivity index (χ0) is 17.1. The molecule has 1 aliphatic rings. The number of carbonyl (C=O) groups excluding carboxylic acids is 2. The summed E-state index contributed by atoms with van der Waals surface area (Å²) in [6, 6.07) is 9.39. The molecule has 1 amide bonds. The Labute approximate surface area is 140 Å². The number of carbonyl (C=O) groups is 2. The average Bonchev–Trinajstić information content (AvgIpc) is 3.36. The summed E-state index contributed by atoms with van der Waals surface area (Å²) in [7, 11) is 0. The van der Waals surface area contributed by atoms with Crippen molar-refractivity contribution in [3.8, 4) is 5.69 Å². The summed E-state index contributed by atoms with van der Waals surface area (Å²) in [5.41, 5.74) is 1.31. The topological polar surface area (TPSA) is 86.1 Å². The molecule has 1 saturated carbocycles. The van der Waals surface area contributed by atoms with E-state index < -0.39 is 5.97 Å². The first-order valence-electron chi connectivity index (χ1n) is 8.00. The maximum Gasteiger partial charge on any atom is 0.361 e. The van der Waals surface area contributed by atoms with Crippen molar-refractivity contribution in [3.05, 3.63) is 41.7 Å². The van der Waals surface area contributed by atoms with Crippen LogP contribution < -0.4 is 5.32 Å². The second kappa shape index (κ2) is 6.82. The predicted molar refractivity (Wildman–Crippen MR) is 86.7 cm³/mol. The van der Waals surface area contributed by atoms with Gasteiger partial charge in [-0.15, -0.1) is 5.10 Å². The molecule has 0 aliphatic heterocycles. The first-order valence-corrected chi connectivity index (χ1v) is 8.00. The molecule has 1 heterocycles. The molecular formula is C17H20N4O3. The number of amides is 1. The first kappa shape index (κ1) is 16.2. The van der Waals surface area contributed by atoms with Crippen LogP contribution in [0.1, 0.15) is 35.9 Å². The van der Waals surface area contributed by atoms with E-state index in [2.05, 4.69) is 15.5 Å². The van der Waals surface area contributed by atoms with Crippen LogP contribution in [0.15, 0.2) is 30.3 Å². The van der Waals surface area contributed by atoms with Gasteiger partial charge in [-0.1, -0.05) is 18.2 Å². The lowest BCUT2D eigenvalue weighted by atomic mass is 10.2. The summed E-state index contributed by atoms with van der Waals surface area (Å²) in [5, 5.41) is 11.2. The second-order valence-electron chi connectivity index (χ2n) is 6.03. The standard InChI is InChI=1S/C17H20N4O3/c1-11(13-8-9-13)18-15(22)10-24-17(23)16-12(2)19-21(20-16)14-6-4-3-5-7-14/h3-7,11,13H,8-10H2,1-2H3,(H,18,22)/t11-/m0/s1. The number of para-hydroxylation sites is 1. The molecular weight excluding hydrogens is 308 g/mol. The van der Waals surface area contributed by atoms with Gasteiger partial charge in [0.25, 0.3) is 5.91 Å². The highest BCUT2D eigenvalue weighted by molar-refractivity contribution is 5.90. The number of aryl methyl sites for hydroxylation is 1. The Morgan fingerprint density at radius 1 is 1.29 bits per heavy atom. The van der Waals surface area contributed by atoms with Crippen molar-refractivity contribution in [2.75, 3.05) is 6.61 Å². The monoisotopic (exact) mass is 328 g/mol. The van der Waals surface area contributed by atoms with Crippen molar-refractivity contribution >= 4 is 11.9 Å². The lowest BCUT2D eigenvalue weighted by Crippen LogP contribution is -2.37. The Morgan fingerprint density at radius 2 is 2.00 bits per heavy atom. The van der Waals surface area contributed by atoms with Gasteiger partial charge in [0.05, 0.1) is 11.4 Å². The number of nitrogens with one attached hydrogen (secondary N) is 1. The molecule has 1 fully saturated rings. The lowest BCUT2D eigenvalue weighted by molar-refractivity contribution is -0.125. The minimum atomic E-state index is -0.649. The molecule has 1 aromatic carbocycles. The first-order chi connectivity index (χ1) is 11.5. The number of esters is 1. The normalized spacial score (nSPS) is 14.9. The highest BCUT2D eigenvalue weighted by Crippen LogP contribution is 2.32. The molecule has 126 valence electrons. The van der Waals surface area contributed by atoms with E-state index in [1.165, 1.54) is 4.80 Å². The van der Waals surface area contributed by atoms with E-state index in [-0.39, 0.29) is 24.2 Å². The number of aromatic nitrogens is 3. The summed E-state index contributed by atoms with van der Waals surface area (Å²) in [5.74, 6) is -0.391. The van der Waals surface area contributed by atoms with Gasteiger partial charge < -0.3 is 10.1 Å². The molecule has 1 atom stereocenters. The van der Waals surface area contributed by atoms with Crippen LogP contribution in [0.3, 0.4) is 0 Å². The minimum Gasteiger partial charge on any atom is -0.451 e. The van der Waals surface area contributed by atoms with Crippen molar-refractivity contribution in [2.45, 2.75) is 32.7 Å². The van der Waals surface area contributed by atoms with Crippen molar-refractivity contribution in [3.63, 3.8) is 0 Å². The van der Waals surface area contributed by atoms with Crippen LogP contribution in [0.4, 0.5) is 0 Å². The van der Waals surface area contributed by atoms with Gasteiger partial charge in [0.2, 0.25) is 0 Å². The number of nitrogens with zero attached hydrogens (tertiary/aromatic N) is 3. The highest BCUT2D eigenvalue weighted by atomic mass is 16.5. The van der Waals surface area contributed by atoms with Crippen LogP contribution in [0, 0.1) is 12.8 Å². The largest absolute Gasteiger partial charge is 0.451 e. The average molecular weight is 328 g/mol. The van der Waals surface area contributed by atoms with Crippen molar-refractivity contribution < 1.29 is 14.3 Å². The Bertz CT molecular complexity index is 738. The van der Waals surface area contributed by atoms with Crippen LogP contribution in [-0.4, -0.2) is 39.5 Å². The molecule has 0 radical (unpaired) electrons. The fourth-order valence-corrected chi connectivity index (χ4v) is 2.45. The van der Waals surface area contributed by atoms with E-state index in [0.29, 0.717) is 11.6 Å². The molecule has 7 nitrogen and oxygen atoms in total. The van der Waals surface area contributed by atoms with Crippen molar-refractivity contribution in [1.82, 2.24) is 20.3 Å². The Morgan fingerprint density at radius 3 is 2.67 bits per heavy atom. The summed E-state index contributed by atoms with van der Waals surface area (Å²) in [4.78, 5) is 25.3. The Balaban J connectivity index is 1.59. The van der Waals surface area contributed by atoms with Crippen molar-refractivity contribution in [2.24, 2.45) is 5.92 Å². The van der Waals surface area contributed by atoms with E-state index in [1.54, 1.807) is 6.92 Å². The van der Waals surface area contributed by atoms with Gasteiger partial charge in [-0.25, -0.2) is 4.79 Å². The van der Waals surface area contributed by atoms with Crippen LogP contribution in [0.25, 0.3) is 5.69 Å². The molecule has 0 saturated heterocycles. The van der Waals surface area contributed by atoms with Crippen LogP contribution in [0.5, 0.6) is 0 Å². The number of benzene rings is 1. The predicted octanol–water partition coefficient (Wildman–Crippen LogP) is 1.65. The fraction of sp³-hybridized carbons (Fsp3) is 0.412. The van der Waals surface area contributed by atoms with Crippen LogP contribution in [-0.2, 0) is 9.53 Å². The van der Waals surface area contributed by atoms with Crippen LogP contribution >= 0.6 is 0 Å². The smallest absolute Gasteiger partial charge is 0.361 e. The molecule has 1 N–H and O–H groups in total. The highest BCUT2D eigenvalue weighted by Gasteiger charge is 2.29. The minimum absolute atomic E-state index is 0.113. The molecule has 1 aromatic heterocycles. The van der Waals surface area contributed by atoms with Gasteiger partial charge in [0.15, 0.2) is 12.3 Å². The van der Waals surface area contributed by atoms with Gasteiger partial charge in [-0.05, 0) is 44.7 Å². The van der Waals surface area contributed by atoms with Gasteiger partial charge in [-0.3, -0.25) is 4.79 Å². The zero-order valence-electron chi connectivity index (χ0n) is 13.7. The molecule has 0 unspecified atom stereocenters. The maximum absolute atomic E-state index is 12.1. The van der Waals surface area contributed by atoms with E-state index in [0.717, 1.165) is 18.5 Å². The molecule has 7 heteroatoms. The molecule has 24 heavy (non-hydrogen) atoms. The Hall–Kier alpha value is -2.70. The summed E-state index contributed by atoms with van der Waals surface area (Å²) >= 11 is 0. The third-order valence-corrected chi connectivity index (χ3v) is 4.01. The van der Waals surface area contributed by atoms with Gasteiger partial charge in [0, 0.05) is 6.04 Å². The third-order valence-electron chi connectivity index (χ3n) is 4.01. The summed E-state index contributed by atoms with van der Waals surface area (Å²) in [6.45, 7) is 3.33.